The lowest BCUT2D eigenvalue weighted by Gasteiger charge is -2.16. The first-order valence-electron chi connectivity index (χ1n) is 5.60. The van der Waals surface area contributed by atoms with E-state index in [0.29, 0.717) is 0 Å². The van der Waals surface area contributed by atoms with E-state index in [0.717, 1.165) is 22.7 Å². The van der Waals surface area contributed by atoms with Gasteiger partial charge in [0.2, 0.25) is 0 Å². The molecule has 0 fully saturated rings. The Balaban J connectivity index is 2.02. The maximum Gasteiger partial charge on any atom is 0.153 e. The third kappa shape index (κ3) is 1.76. The summed E-state index contributed by atoms with van der Waals surface area (Å²) in [7, 11) is -1.06. The molecule has 2 aromatic carbocycles. The summed E-state index contributed by atoms with van der Waals surface area (Å²) < 4.78 is 14.3. The molecule has 1 aliphatic heterocycles. The maximum absolute atomic E-state index is 12.3. The molecule has 0 radical (unpaired) electrons. The van der Waals surface area contributed by atoms with E-state index < -0.39 is 11.0 Å². The van der Waals surface area contributed by atoms with Gasteiger partial charge in [0.1, 0.15) is 0 Å². The number of nitrogens with zero attached hydrogens (tertiary/aromatic N) is 1. The third-order valence-electron chi connectivity index (χ3n) is 2.96. The normalized spacial score (nSPS) is 18.2. The predicted molar refractivity (Wildman–Crippen MR) is 70.2 cm³/mol. The van der Waals surface area contributed by atoms with Crippen LogP contribution in [0.2, 0.25) is 0 Å². The Hall–Kier alpha value is -1.61. The Labute approximate surface area is 103 Å². The summed E-state index contributed by atoms with van der Waals surface area (Å²) in [6.07, 6.45) is 0. The molecular weight excluding hydrogens is 230 g/mol. The predicted octanol–water partition coefficient (Wildman–Crippen LogP) is 3.04. The zero-order chi connectivity index (χ0) is 11.8. The van der Waals surface area contributed by atoms with E-state index in [-0.39, 0.29) is 0 Å². The minimum atomic E-state index is -1.06. The van der Waals surface area contributed by atoms with Crippen molar-refractivity contribution < 1.29 is 4.21 Å². The molecule has 17 heavy (non-hydrogen) atoms. The van der Waals surface area contributed by atoms with Crippen LogP contribution in [0.1, 0.15) is 11.1 Å². The zero-order valence-electron chi connectivity index (χ0n) is 9.59. The molecule has 1 atom stereocenters. The zero-order valence-corrected chi connectivity index (χ0v) is 10.4. The van der Waals surface area contributed by atoms with E-state index >= 15 is 0 Å². The van der Waals surface area contributed by atoms with Crippen LogP contribution in [0.5, 0.6) is 0 Å². The molecule has 3 rings (SSSR count). The van der Waals surface area contributed by atoms with Gasteiger partial charge in [-0.05, 0) is 36.2 Å². The van der Waals surface area contributed by atoms with Gasteiger partial charge in [-0.2, -0.15) is 0 Å². The molecule has 0 saturated heterocycles. The van der Waals surface area contributed by atoms with Crippen molar-refractivity contribution in [2.45, 2.75) is 18.4 Å². The van der Waals surface area contributed by atoms with Crippen LogP contribution >= 0.6 is 0 Å². The first-order valence-corrected chi connectivity index (χ1v) is 6.70. The highest BCUT2D eigenvalue weighted by molar-refractivity contribution is 7.86. The molecular formula is C14H13NOS. The largest absolute Gasteiger partial charge is 0.283 e. The Bertz CT molecular complexity index is 594. The van der Waals surface area contributed by atoms with Gasteiger partial charge in [0.05, 0.1) is 17.1 Å². The molecule has 0 saturated carbocycles. The second-order valence-electron chi connectivity index (χ2n) is 4.23. The Kier molecular flexibility index (Phi) is 2.48. The van der Waals surface area contributed by atoms with Crippen LogP contribution in [0.4, 0.5) is 5.69 Å². The molecule has 3 heteroatoms. The molecule has 2 nitrogen and oxygen atoms in total. The Morgan fingerprint density at radius 3 is 2.71 bits per heavy atom. The van der Waals surface area contributed by atoms with Gasteiger partial charge in [0.25, 0.3) is 0 Å². The van der Waals surface area contributed by atoms with E-state index in [1.54, 1.807) is 0 Å². The average molecular weight is 243 g/mol. The van der Waals surface area contributed by atoms with E-state index in [4.69, 9.17) is 0 Å². The maximum atomic E-state index is 12.3. The number of hydrogen-bond donors (Lipinski definition) is 0. The lowest BCUT2D eigenvalue weighted by atomic mass is 10.2. The van der Waals surface area contributed by atoms with Crippen LogP contribution in [0.25, 0.3) is 0 Å². The van der Waals surface area contributed by atoms with Gasteiger partial charge in [0, 0.05) is 0 Å². The van der Waals surface area contributed by atoms with E-state index in [9.17, 15) is 4.21 Å². The summed E-state index contributed by atoms with van der Waals surface area (Å²) in [4.78, 5) is 0.939. The topological polar surface area (TPSA) is 20.3 Å². The minimum absolute atomic E-state index is 0.728. The first kappa shape index (κ1) is 10.5. The highest BCUT2D eigenvalue weighted by Gasteiger charge is 2.26. The van der Waals surface area contributed by atoms with Crippen LogP contribution in [0.15, 0.2) is 53.4 Å². The molecule has 0 aromatic heterocycles. The molecule has 1 aliphatic rings. The summed E-state index contributed by atoms with van der Waals surface area (Å²) in [5.74, 6) is 0. The van der Waals surface area contributed by atoms with Gasteiger partial charge in [-0.3, -0.25) is 4.31 Å². The molecule has 1 unspecified atom stereocenters. The number of aryl methyl sites for hydroxylation is 1. The fraction of sp³-hybridized carbons (Fsp3) is 0.143. The van der Waals surface area contributed by atoms with Crippen molar-refractivity contribution in [2.75, 3.05) is 4.31 Å². The van der Waals surface area contributed by atoms with Crippen molar-refractivity contribution in [1.29, 1.82) is 0 Å². The second kappa shape index (κ2) is 4.00. The van der Waals surface area contributed by atoms with Crippen LogP contribution in [0, 0.1) is 6.92 Å². The molecule has 0 bridgehead atoms. The number of anilines is 1. The summed E-state index contributed by atoms with van der Waals surface area (Å²) >= 11 is 0. The lowest BCUT2D eigenvalue weighted by molar-refractivity contribution is 0.683. The van der Waals surface area contributed by atoms with E-state index in [1.165, 1.54) is 5.56 Å². The van der Waals surface area contributed by atoms with Gasteiger partial charge in [-0.1, -0.05) is 30.3 Å². The van der Waals surface area contributed by atoms with Crippen LogP contribution in [0.3, 0.4) is 0 Å². The second-order valence-corrected chi connectivity index (χ2v) is 5.61. The van der Waals surface area contributed by atoms with Gasteiger partial charge in [-0.15, -0.1) is 0 Å². The highest BCUT2D eigenvalue weighted by atomic mass is 32.2. The molecule has 1 heterocycles. The number of rotatable bonds is 1. The molecule has 0 spiro atoms. The Morgan fingerprint density at radius 2 is 1.94 bits per heavy atom. The summed E-state index contributed by atoms with van der Waals surface area (Å²) in [6.45, 7) is 2.78. The van der Waals surface area contributed by atoms with Crippen molar-refractivity contribution in [3.8, 4) is 0 Å². The van der Waals surface area contributed by atoms with Gasteiger partial charge < -0.3 is 0 Å². The average Bonchev–Trinajstić information content (AvgIpc) is 2.68. The molecule has 0 amide bonds. The smallest absolute Gasteiger partial charge is 0.153 e. The molecule has 86 valence electrons. The van der Waals surface area contributed by atoms with Gasteiger partial charge in [-0.25, -0.2) is 4.21 Å². The standard InChI is InChI=1S/C14H13NOS/c1-11-5-4-7-13(9-11)15-10-12-6-2-3-8-14(12)17(15)16/h2-9H,10H2,1H3. The van der Waals surface area contributed by atoms with E-state index in [2.05, 4.69) is 19.1 Å². The number of benzene rings is 2. The fourth-order valence-corrected chi connectivity index (χ4v) is 3.46. The van der Waals surface area contributed by atoms with Crippen molar-refractivity contribution in [2.24, 2.45) is 0 Å². The molecule has 0 aliphatic carbocycles. The van der Waals surface area contributed by atoms with Gasteiger partial charge >= 0.3 is 0 Å². The minimum Gasteiger partial charge on any atom is -0.283 e. The van der Waals surface area contributed by atoms with Crippen molar-refractivity contribution in [3.05, 3.63) is 59.7 Å². The van der Waals surface area contributed by atoms with Crippen molar-refractivity contribution >= 4 is 16.7 Å². The molecule has 2 aromatic rings. The fourth-order valence-electron chi connectivity index (χ4n) is 2.11. The SMILES string of the molecule is Cc1cccc(N2Cc3ccccc3S2=O)c1. The van der Waals surface area contributed by atoms with Crippen LogP contribution < -0.4 is 4.31 Å². The molecule has 0 N–H and O–H groups in total. The Morgan fingerprint density at radius 1 is 1.12 bits per heavy atom. The van der Waals surface area contributed by atoms with Crippen LogP contribution in [-0.4, -0.2) is 4.21 Å². The quantitative estimate of drug-likeness (QED) is 0.754. The summed E-state index contributed by atoms with van der Waals surface area (Å²) in [6, 6.07) is 16.1. The number of fused-ring (bicyclic) bond motifs is 1. The monoisotopic (exact) mass is 243 g/mol. The van der Waals surface area contributed by atoms with E-state index in [1.807, 2.05) is 40.7 Å². The summed E-state index contributed by atoms with van der Waals surface area (Å²) in [5, 5.41) is 0. The first-order chi connectivity index (χ1) is 8.25. The van der Waals surface area contributed by atoms with Crippen molar-refractivity contribution in [1.82, 2.24) is 0 Å². The van der Waals surface area contributed by atoms with Crippen molar-refractivity contribution in [3.63, 3.8) is 0 Å². The lowest BCUT2D eigenvalue weighted by Crippen LogP contribution is -2.17. The number of hydrogen-bond acceptors (Lipinski definition) is 1. The summed E-state index contributed by atoms with van der Waals surface area (Å²) in [5.41, 5.74) is 3.38. The highest BCUT2D eigenvalue weighted by Crippen LogP contribution is 2.31. The third-order valence-corrected chi connectivity index (χ3v) is 4.48. The van der Waals surface area contributed by atoms with Crippen LogP contribution in [-0.2, 0) is 17.5 Å². The van der Waals surface area contributed by atoms with Gasteiger partial charge in [0.15, 0.2) is 11.0 Å².